The normalized spacial score (nSPS) is 15.0. The summed E-state index contributed by atoms with van der Waals surface area (Å²) in [6, 6.07) is 16.6. The van der Waals surface area contributed by atoms with Crippen LogP contribution in [-0.4, -0.2) is 69.2 Å². The molecular formula is C24H35N5O. The molecule has 0 radical (unpaired) electrons. The van der Waals surface area contributed by atoms with Crippen molar-refractivity contribution >= 4 is 17.4 Å². The second-order valence-corrected chi connectivity index (χ2v) is 8.23. The Labute approximate surface area is 180 Å². The molecule has 1 aliphatic heterocycles. The first-order valence-corrected chi connectivity index (χ1v) is 10.8. The van der Waals surface area contributed by atoms with E-state index in [1.54, 1.807) is 0 Å². The van der Waals surface area contributed by atoms with E-state index in [0.29, 0.717) is 6.54 Å². The van der Waals surface area contributed by atoms with Gasteiger partial charge in [0.05, 0.1) is 0 Å². The molecule has 162 valence electrons. The van der Waals surface area contributed by atoms with Crippen molar-refractivity contribution in [3.05, 3.63) is 59.7 Å². The predicted octanol–water partition coefficient (Wildman–Crippen LogP) is 3.39. The number of anilines is 2. The number of urea groups is 1. The molecule has 0 aliphatic carbocycles. The molecule has 2 aromatic rings. The van der Waals surface area contributed by atoms with Gasteiger partial charge in [0.1, 0.15) is 0 Å². The lowest BCUT2D eigenvalue weighted by Gasteiger charge is -2.34. The molecule has 2 aromatic carbocycles. The summed E-state index contributed by atoms with van der Waals surface area (Å²) in [6.45, 7) is 9.15. The summed E-state index contributed by atoms with van der Waals surface area (Å²) in [5.74, 6) is 0. The Morgan fingerprint density at radius 1 is 1.00 bits per heavy atom. The van der Waals surface area contributed by atoms with E-state index in [1.807, 2.05) is 33.2 Å². The molecule has 30 heavy (non-hydrogen) atoms. The van der Waals surface area contributed by atoms with Gasteiger partial charge in [0.25, 0.3) is 0 Å². The van der Waals surface area contributed by atoms with E-state index in [0.717, 1.165) is 62.6 Å². The maximum Gasteiger partial charge on any atom is 0.319 e. The third kappa shape index (κ3) is 6.75. The first-order valence-electron chi connectivity index (χ1n) is 10.8. The molecule has 1 saturated heterocycles. The predicted molar refractivity (Wildman–Crippen MR) is 125 cm³/mol. The fraction of sp³-hybridized carbons (Fsp3) is 0.458. The number of amides is 2. The van der Waals surface area contributed by atoms with Gasteiger partial charge in [-0.2, -0.15) is 0 Å². The van der Waals surface area contributed by atoms with E-state index >= 15 is 0 Å². The molecule has 2 amide bonds. The Morgan fingerprint density at radius 3 is 2.37 bits per heavy atom. The van der Waals surface area contributed by atoms with Crippen LogP contribution >= 0.6 is 0 Å². The van der Waals surface area contributed by atoms with E-state index in [4.69, 9.17) is 0 Å². The van der Waals surface area contributed by atoms with Crippen LogP contribution in [0.3, 0.4) is 0 Å². The molecular weight excluding hydrogens is 374 g/mol. The Balaban J connectivity index is 1.30. The van der Waals surface area contributed by atoms with Gasteiger partial charge in [0, 0.05) is 64.7 Å². The molecule has 1 aliphatic rings. The molecule has 0 spiro atoms. The highest BCUT2D eigenvalue weighted by Crippen LogP contribution is 2.21. The Hall–Kier alpha value is -2.57. The summed E-state index contributed by atoms with van der Waals surface area (Å²) in [5.41, 5.74) is 4.42. The molecule has 1 heterocycles. The van der Waals surface area contributed by atoms with Crippen LogP contribution in [0.1, 0.15) is 17.5 Å². The topological polar surface area (TPSA) is 50.9 Å². The zero-order chi connectivity index (χ0) is 21.3. The van der Waals surface area contributed by atoms with Crippen molar-refractivity contribution in [1.82, 2.24) is 15.1 Å². The van der Waals surface area contributed by atoms with Gasteiger partial charge in [0.2, 0.25) is 0 Å². The van der Waals surface area contributed by atoms with Crippen molar-refractivity contribution in [2.24, 2.45) is 0 Å². The number of nitrogens with one attached hydrogen (secondary N) is 2. The molecule has 2 N–H and O–H groups in total. The summed E-state index contributed by atoms with van der Waals surface area (Å²) < 4.78 is 0. The standard InChI is InChI=1S/C24H35N5O/c1-20-18-22(27(2)3)10-11-23(20)26-24(30)25-12-7-13-28-14-16-29(17-15-28)19-21-8-5-4-6-9-21/h4-6,8-11,18H,7,12-17,19H2,1-3H3,(H2,25,26,30). The minimum Gasteiger partial charge on any atom is -0.378 e. The maximum atomic E-state index is 12.2. The molecule has 6 heteroatoms. The van der Waals surface area contributed by atoms with Gasteiger partial charge in [0.15, 0.2) is 0 Å². The van der Waals surface area contributed by atoms with Crippen LogP contribution in [0.25, 0.3) is 0 Å². The molecule has 0 aromatic heterocycles. The molecule has 0 unspecified atom stereocenters. The number of nitrogens with zero attached hydrogens (tertiary/aromatic N) is 3. The van der Waals surface area contributed by atoms with Crippen LogP contribution in [0.5, 0.6) is 0 Å². The Morgan fingerprint density at radius 2 is 1.70 bits per heavy atom. The zero-order valence-electron chi connectivity index (χ0n) is 18.5. The average molecular weight is 410 g/mol. The number of benzene rings is 2. The summed E-state index contributed by atoms with van der Waals surface area (Å²) in [6.07, 6.45) is 0.963. The van der Waals surface area contributed by atoms with Gasteiger partial charge in [-0.3, -0.25) is 4.90 Å². The van der Waals surface area contributed by atoms with Gasteiger partial charge in [-0.05, 0) is 49.2 Å². The number of piperazine rings is 1. The first kappa shape index (κ1) is 22.1. The van der Waals surface area contributed by atoms with Crippen LogP contribution in [-0.2, 0) is 6.54 Å². The van der Waals surface area contributed by atoms with Crippen molar-refractivity contribution in [2.75, 3.05) is 63.6 Å². The fourth-order valence-electron chi connectivity index (χ4n) is 3.75. The van der Waals surface area contributed by atoms with Gasteiger partial charge < -0.3 is 20.4 Å². The minimum absolute atomic E-state index is 0.136. The lowest BCUT2D eigenvalue weighted by Crippen LogP contribution is -2.46. The Bertz CT molecular complexity index is 800. The lowest BCUT2D eigenvalue weighted by atomic mass is 10.1. The summed E-state index contributed by atoms with van der Waals surface area (Å²) in [5, 5.41) is 5.93. The average Bonchev–Trinajstić information content (AvgIpc) is 2.74. The molecule has 0 atom stereocenters. The number of aryl methyl sites for hydroxylation is 1. The van der Waals surface area contributed by atoms with Crippen molar-refractivity contribution in [3.63, 3.8) is 0 Å². The van der Waals surface area contributed by atoms with Crippen molar-refractivity contribution in [1.29, 1.82) is 0 Å². The molecule has 3 rings (SSSR count). The molecule has 0 bridgehead atoms. The lowest BCUT2D eigenvalue weighted by molar-refractivity contribution is 0.126. The van der Waals surface area contributed by atoms with Gasteiger partial charge in [-0.25, -0.2) is 4.79 Å². The van der Waals surface area contributed by atoms with Crippen molar-refractivity contribution < 1.29 is 4.79 Å². The molecule has 0 saturated carbocycles. The van der Waals surface area contributed by atoms with Crippen molar-refractivity contribution in [2.45, 2.75) is 19.9 Å². The largest absolute Gasteiger partial charge is 0.378 e. The maximum absolute atomic E-state index is 12.2. The number of hydrogen-bond donors (Lipinski definition) is 2. The summed E-state index contributed by atoms with van der Waals surface area (Å²) in [7, 11) is 4.02. The van der Waals surface area contributed by atoms with Gasteiger partial charge in [-0.1, -0.05) is 30.3 Å². The third-order valence-corrected chi connectivity index (χ3v) is 5.63. The second-order valence-electron chi connectivity index (χ2n) is 8.23. The molecule has 6 nitrogen and oxygen atoms in total. The summed E-state index contributed by atoms with van der Waals surface area (Å²) in [4.78, 5) is 19.3. The third-order valence-electron chi connectivity index (χ3n) is 5.63. The van der Waals surface area contributed by atoms with Crippen LogP contribution in [0.2, 0.25) is 0 Å². The van der Waals surface area contributed by atoms with Crippen LogP contribution in [0, 0.1) is 6.92 Å². The smallest absolute Gasteiger partial charge is 0.319 e. The number of carbonyl (C=O) groups is 1. The van der Waals surface area contributed by atoms with E-state index in [9.17, 15) is 4.79 Å². The van der Waals surface area contributed by atoms with E-state index < -0.39 is 0 Å². The van der Waals surface area contributed by atoms with E-state index in [2.05, 4.69) is 61.7 Å². The monoisotopic (exact) mass is 409 g/mol. The number of carbonyl (C=O) groups excluding carboxylic acids is 1. The Kier molecular flexibility index (Phi) is 8.11. The van der Waals surface area contributed by atoms with Gasteiger partial charge in [-0.15, -0.1) is 0 Å². The second kappa shape index (κ2) is 11.0. The fourth-order valence-corrected chi connectivity index (χ4v) is 3.75. The zero-order valence-corrected chi connectivity index (χ0v) is 18.5. The summed E-state index contributed by atoms with van der Waals surface area (Å²) >= 11 is 0. The van der Waals surface area contributed by atoms with Gasteiger partial charge >= 0.3 is 6.03 Å². The van der Waals surface area contributed by atoms with Crippen molar-refractivity contribution in [3.8, 4) is 0 Å². The number of hydrogen-bond acceptors (Lipinski definition) is 4. The van der Waals surface area contributed by atoms with E-state index in [1.165, 1.54) is 5.56 Å². The SMILES string of the molecule is Cc1cc(N(C)C)ccc1NC(=O)NCCCN1CCN(Cc2ccccc2)CC1. The van der Waals surface area contributed by atoms with Crippen LogP contribution in [0.15, 0.2) is 48.5 Å². The minimum atomic E-state index is -0.136. The molecule has 1 fully saturated rings. The van der Waals surface area contributed by atoms with Crippen LogP contribution < -0.4 is 15.5 Å². The highest BCUT2D eigenvalue weighted by Gasteiger charge is 2.16. The highest BCUT2D eigenvalue weighted by molar-refractivity contribution is 5.90. The first-order chi connectivity index (χ1) is 14.5. The number of rotatable bonds is 8. The van der Waals surface area contributed by atoms with Crippen LogP contribution in [0.4, 0.5) is 16.2 Å². The van der Waals surface area contributed by atoms with E-state index in [-0.39, 0.29) is 6.03 Å². The quantitative estimate of drug-likeness (QED) is 0.656. The highest BCUT2D eigenvalue weighted by atomic mass is 16.2.